The molecule has 0 aliphatic heterocycles. The van der Waals surface area contributed by atoms with E-state index in [-0.39, 0.29) is 0 Å². The maximum atomic E-state index is 8.44. The lowest BCUT2D eigenvalue weighted by Gasteiger charge is -1.96. The maximum absolute atomic E-state index is 8.44. The van der Waals surface area contributed by atoms with Crippen LogP contribution in [0.4, 0.5) is 0 Å². The number of nitriles is 1. The minimum atomic E-state index is 0.408. The second-order valence-corrected chi connectivity index (χ2v) is 2.14. The molecule has 3 nitrogen and oxygen atoms in total. The zero-order chi connectivity index (χ0) is 8.10. The standard InChI is InChI=1S/C8H8N2O/c9-5-7-1-3-8(4-2-7)6-10-11/h1-4,10-11H,6H2. The van der Waals surface area contributed by atoms with Crippen molar-refractivity contribution in [2.45, 2.75) is 6.54 Å². The van der Waals surface area contributed by atoms with Crippen molar-refractivity contribution in [2.75, 3.05) is 0 Å². The van der Waals surface area contributed by atoms with Gasteiger partial charge in [-0.2, -0.15) is 5.26 Å². The minimum Gasteiger partial charge on any atom is -0.316 e. The molecule has 0 saturated heterocycles. The molecule has 0 spiro atoms. The topological polar surface area (TPSA) is 56.0 Å². The summed E-state index contributed by atoms with van der Waals surface area (Å²) in [5.41, 5.74) is 3.62. The first kappa shape index (κ1) is 7.73. The third-order valence-corrected chi connectivity index (χ3v) is 1.37. The normalized spacial score (nSPS) is 9.09. The summed E-state index contributed by atoms with van der Waals surface area (Å²) in [5.74, 6) is 0. The Bertz CT molecular complexity index is 260. The molecular weight excluding hydrogens is 140 g/mol. The largest absolute Gasteiger partial charge is 0.316 e. The lowest BCUT2D eigenvalue weighted by molar-refractivity contribution is 0.161. The van der Waals surface area contributed by atoms with E-state index in [0.29, 0.717) is 12.1 Å². The quantitative estimate of drug-likeness (QED) is 0.616. The minimum absolute atomic E-state index is 0.408. The van der Waals surface area contributed by atoms with Crippen LogP contribution in [-0.4, -0.2) is 5.21 Å². The molecule has 0 aromatic heterocycles. The van der Waals surface area contributed by atoms with Crippen LogP contribution in [0.2, 0.25) is 0 Å². The highest BCUT2D eigenvalue weighted by Crippen LogP contribution is 2.01. The van der Waals surface area contributed by atoms with Crippen molar-refractivity contribution in [1.82, 2.24) is 5.48 Å². The van der Waals surface area contributed by atoms with Gasteiger partial charge in [-0.25, -0.2) is 5.48 Å². The van der Waals surface area contributed by atoms with Crippen LogP contribution in [0.25, 0.3) is 0 Å². The second kappa shape index (κ2) is 3.71. The molecule has 1 rings (SSSR count). The van der Waals surface area contributed by atoms with Crippen LogP contribution in [0.5, 0.6) is 0 Å². The zero-order valence-corrected chi connectivity index (χ0v) is 5.91. The van der Waals surface area contributed by atoms with Crippen molar-refractivity contribution in [3.8, 4) is 6.07 Å². The molecule has 0 bridgehead atoms. The Labute approximate surface area is 64.9 Å². The average molecular weight is 148 g/mol. The van der Waals surface area contributed by atoms with E-state index in [9.17, 15) is 0 Å². The third kappa shape index (κ3) is 2.04. The first-order valence-corrected chi connectivity index (χ1v) is 3.23. The Hall–Kier alpha value is -1.37. The fourth-order valence-electron chi connectivity index (χ4n) is 0.788. The first-order chi connectivity index (χ1) is 5.36. The van der Waals surface area contributed by atoms with E-state index in [1.165, 1.54) is 0 Å². The molecule has 0 heterocycles. The maximum Gasteiger partial charge on any atom is 0.0991 e. The first-order valence-electron chi connectivity index (χ1n) is 3.23. The van der Waals surface area contributed by atoms with Gasteiger partial charge in [0, 0.05) is 6.54 Å². The SMILES string of the molecule is N#Cc1ccc(CNO)cc1. The van der Waals surface area contributed by atoms with Crippen LogP contribution in [-0.2, 0) is 6.54 Å². The van der Waals surface area contributed by atoms with E-state index >= 15 is 0 Å². The number of rotatable bonds is 2. The number of nitrogens with one attached hydrogen (secondary N) is 1. The molecule has 0 unspecified atom stereocenters. The zero-order valence-electron chi connectivity index (χ0n) is 5.91. The smallest absolute Gasteiger partial charge is 0.0991 e. The van der Waals surface area contributed by atoms with Crippen LogP contribution < -0.4 is 5.48 Å². The second-order valence-electron chi connectivity index (χ2n) is 2.14. The highest BCUT2D eigenvalue weighted by molar-refractivity contribution is 5.31. The molecule has 1 aromatic carbocycles. The van der Waals surface area contributed by atoms with E-state index < -0.39 is 0 Å². The summed E-state index contributed by atoms with van der Waals surface area (Å²) >= 11 is 0. The summed E-state index contributed by atoms with van der Waals surface area (Å²) in [6, 6.07) is 9.03. The molecule has 3 heteroatoms. The predicted molar refractivity (Wildman–Crippen MR) is 39.8 cm³/mol. The molecule has 0 aliphatic carbocycles. The lowest BCUT2D eigenvalue weighted by atomic mass is 10.1. The number of benzene rings is 1. The van der Waals surface area contributed by atoms with Crippen molar-refractivity contribution in [3.63, 3.8) is 0 Å². The third-order valence-electron chi connectivity index (χ3n) is 1.37. The average Bonchev–Trinajstić information content (AvgIpc) is 2.07. The summed E-state index contributed by atoms with van der Waals surface area (Å²) < 4.78 is 0. The molecule has 2 N–H and O–H groups in total. The van der Waals surface area contributed by atoms with E-state index in [0.717, 1.165) is 5.56 Å². The molecule has 56 valence electrons. The Morgan fingerprint density at radius 2 is 2.00 bits per heavy atom. The van der Waals surface area contributed by atoms with Crippen LogP contribution in [0.3, 0.4) is 0 Å². The highest BCUT2D eigenvalue weighted by atomic mass is 16.5. The van der Waals surface area contributed by atoms with E-state index in [1.807, 2.05) is 11.5 Å². The molecule has 0 atom stereocenters. The van der Waals surface area contributed by atoms with Gasteiger partial charge in [-0.3, -0.25) is 0 Å². The van der Waals surface area contributed by atoms with Crippen LogP contribution >= 0.6 is 0 Å². The fraction of sp³-hybridized carbons (Fsp3) is 0.125. The van der Waals surface area contributed by atoms with Gasteiger partial charge in [-0.15, -0.1) is 0 Å². The van der Waals surface area contributed by atoms with Crippen molar-refractivity contribution < 1.29 is 5.21 Å². The number of hydroxylamine groups is 1. The van der Waals surface area contributed by atoms with Gasteiger partial charge in [-0.05, 0) is 17.7 Å². The van der Waals surface area contributed by atoms with E-state index in [4.69, 9.17) is 10.5 Å². The predicted octanol–water partition coefficient (Wildman–Crippen LogP) is 1.04. The number of hydrogen-bond donors (Lipinski definition) is 2. The molecule has 0 aliphatic rings. The van der Waals surface area contributed by atoms with Crippen molar-refractivity contribution >= 4 is 0 Å². The summed E-state index contributed by atoms with van der Waals surface area (Å²) in [4.78, 5) is 0. The van der Waals surface area contributed by atoms with Gasteiger partial charge in [0.25, 0.3) is 0 Å². The number of nitrogens with zero attached hydrogens (tertiary/aromatic N) is 1. The molecular formula is C8H8N2O. The van der Waals surface area contributed by atoms with Gasteiger partial charge in [0.05, 0.1) is 11.6 Å². The molecule has 0 radical (unpaired) electrons. The van der Waals surface area contributed by atoms with Crippen molar-refractivity contribution in [3.05, 3.63) is 35.4 Å². The lowest BCUT2D eigenvalue weighted by Crippen LogP contribution is -2.05. The highest BCUT2D eigenvalue weighted by Gasteiger charge is 1.90. The molecule has 1 aromatic rings. The van der Waals surface area contributed by atoms with E-state index in [1.54, 1.807) is 24.3 Å². The van der Waals surface area contributed by atoms with Gasteiger partial charge in [0.1, 0.15) is 0 Å². The monoisotopic (exact) mass is 148 g/mol. The van der Waals surface area contributed by atoms with E-state index in [2.05, 4.69) is 0 Å². The number of hydrogen-bond acceptors (Lipinski definition) is 3. The van der Waals surface area contributed by atoms with Crippen LogP contribution in [0.15, 0.2) is 24.3 Å². The fourth-order valence-corrected chi connectivity index (χ4v) is 0.788. The van der Waals surface area contributed by atoms with Gasteiger partial charge in [-0.1, -0.05) is 12.1 Å². The summed E-state index contributed by atoms with van der Waals surface area (Å²) in [6.07, 6.45) is 0. The van der Waals surface area contributed by atoms with Crippen molar-refractivity contribution in [1.29, 1.82) is 5.26 Å². The van der Waals surface area contributed by atoms with Crippen LogP contribution in [0.1, 0.15) is 11.1 Å². The Kier molecular flexibility index (Phi) is 2.61. The van der Waals surface area contributed by atoms with Crippen LogP contribution in [0, 0.1) is 11.3 Å². The Balaban J connectivity index is 2.76. The molecule has 0 amide bonds. The van der Waals surface area contributed by atoms with Gasteiger partial charge >= 0.3 is 0 Å². The summed E-state index contributed by atoms with van der Waals surface area (Å²) in [7, 11) is 0. The van der Waals surface area contributed by atoms with Gasteiger partial charge in [0.2, 0.25) is 0 Å². The molecule has 0 saturated carbocycles. The van der Waals surface area contributed by atoms with Crippen molar-refractivity contribution in [2.24, 2.45) is 0 Å². The Morgan fingerprint density at radius 1 is 1.36 bits per heavy atom. The summed E-state index contributed by atoms with van der Waals surface area (Å²) in [5, 5.41) is 16.8. The van der Waals surface area contributed by atoms with Gasteiger partial charge in [0.15, 0.2) is 0 Å². The summed E-state index contributed by atoms with van der Waals surface area (Å²) in [6.45, 7) is 0.408. The molecule has 11 heavy (non-hydrogen) atoms. The molecule has 0 fully saturated rings. The van der Waals surface area contributed by atoms with Gasteiger partial charge < -0.3 is 5.21 Å². The Morgan fingerprint density at radius 3 is 2.45 bits per heavy atom.